The quantitative estimate of drug-likeness (QED) is 0.887. The van der Waals surface area contributed by atoms with Gasteiger partial charge in [-0.2, -0.15) is 0 Å². The van der Waals surface area contributed by atoms with Crippen molar-refractivity contribution in [3.05, 3.63) is 35.4 Å². The molecule has 0 aliphatic carbocycles. The highest BCUT2D eigenvalue weighted by atomic mass is 19.1. The summed E-state index contributed by atoms with van der Waals surface area (Å²) < 4.78 is 26.8. The molecule has 1 fully saturated rings. The number of nitrogens with one attached hydrogen (secondary N) is 1. The summed E-state index contributed by atoms with van der Waals surface area (Å²) in [6.07, 6.45) is 2.40. The van der Waals surface area contributed by atoms with Gasteiger partial charge in [-0.25, -0.2) is 8.78 Å². The molecule has 1 aromatic carbocycles. The van der Waals surface area contributed by atoms with Crippen LogP contribution in [0.1, 0.15) is 18.4 Å². The third kappa shape index (κ3) is 3.50. The largest absolute Gasteiger partial charge is 0.312 e. The molecular weight excluding hydrogens is 234 g/mol. The molecule has 0 bridgehead atoms. The molecule has 1 saturated heterocycles. The van der Waals surface area contributed by atoms with Gasteiger partial charge in [-0.1, -0.05) is 6.07 Å². The maximum Gasteiger partial charge on any atom is 0.130 e. The third-order valence-electron chi connectivity index (χ3n) is 3.52. The highest BCUT2D eigenvalue weighted by molar-refractivity contribution is 5.19. The standard InChI is InChI=1S/C14H20F2N2/c1-18-7-3-4-11(10-18)8-17-9-12-13(15)5-2-6-14(12)16/h2,5-6,11,17H,3-4,7-10H2,1H3. The van der Waals surface area contributed by atoms with E-state index in [2.05, 4.69) is 17.3 Å². The van der Waals surface area contributed by atoms with Crippen molar-refractivity contribution < 1.29 is 8.78 Å². The maximum atomic E-state index is 13.4. The van der Waals surface area contributed by atoms with Gasteiger partial charge in [0, 0.05) is 18.7 Å². The lowest BCUT2D eigenvalue weighted by atomic mass is 9.98. The summed E-state index contributed by atoms with van der Waals surface area (Å²) in [5, 5.41) is 3.17. The maximum absolute atomic E-state index is 13.4. The SMILES string of the molecule is CN1CCCC(CNCc2c(F)cccc2F)C1. The van der Waals surface area contributed by atoms with Gasteiger partial charge in [0.05, 0.1) is 0 Å². The summed E-state index contributed by atoms with van der Waals surface area (Å²) in [5.74, 6) is -0.356. The Morgan fingerprint density at radius 2 is 2.06 bits per heavy atom. The molecule has 0 saturated carbocycles. The monoisotopic (exact) mass is 254 g/mol. The van der Waals surface area contributed by atoms with E-state index >= 15 is 0 Å². The van der Waals surface area contributed by atoms with E-state index in [1.807, 2.05) is 0 Å². The lowest BCUT2D eigenvalue weighted by molar-refractivity contribution is 0.206. The first-order valence-corrected chi connectivity index (χ1v) is 6.49. The highest BCUT2D eigenvalue weighted by Gasteiger charge is 2.17. The Labute approximate surface area is 107 Å². The minimum atomic E-state index is -0.469. The molecule has 2 rings (SSSR count). The van der Waals surface area contributed by atoms with Crippen molar-refractivity contribution in [2.24, 2.45) is 5.92 Å². The van der Waals surface area contributed by atoms with E-state index in [1.54, 1.807) is 0 Å². The Hall–Kier alpha value is -1.00. The van der Waals surface area contributed by atoms with Gasteiger partial charge < -0.3 is 10.2 Å². The van der Waals surface area contributed by atoms with E-state index in [0.29, 0.717) is 5.92 Å². The topological polar surface area (TPSA) is 15.3 Å². The number of rotatable bonds is 4. The molecule has 1 heterocycles. The van der Waals surface area contributed by atoms with Crippen molar-refractivity contribution in [3.8, 4) is 0 Å². The van der Waals surface area contributed by atoms with Gasteiger partial charge >= 0.3 is 0 Å². The molecular formula is C14H20F2N2. The number of piperidine rings is 1. The second-order valence-corrected chi connectivity index (χ2v) is 5.10. The van der Waals surface area contributed by atoms with Crippen LogP contribution in [-0.4, -0.2) is 31.6 Å². The minimum absolute atomic E-state index is 0.140. The van der Waals surface area contributed by atoms with Crippen LogP contribution in [0.4, 0.5) is 8.78 Å². The molecule has 1 aromatic rings. The van der Waals surface area contributed by atoms with Crippen molar-refractivity contribution in [2.75, 3.05) is 26.7 Å². The number of hydrogen-bond acceptors (Lipinski definition) is 2. The van der Waals surface area contributed by atoms with Crippen LogP contribution in [-0.2, 0) is 6.54 Å². The van der Waals surface area contributed by atoms with Gasteiger partial charge in [-0.15, -0.1) is 0 Å². The second-order valence-electron chi connectivity index (χ2n) is 5.10. The zero-order valence-electron chi connectivity index (χ0n) is 10.8. The minimum Gasteiger partial charge on any atom is -0.312 e. The summed E-state index contributed by atoms with van der Waals surface area (Å²) >= 11 is 0. The Kier molecular flexibility index (Phi) is 4.66. The van der Waals surface area contributed by atoms with Crippen LogP contribution in [0.15, 0.2) is 18.2 Å². The average Bonchev–Trinajstić information content (AvgIpc) is 2.33. The van der Waals surface area contributed by atoms with Gasteiger partial charge in [0.15, 0.2) is 0 Å². The Morgan fingerprint density at radius 1 is 1.33 bits per heavy atom. The zero-order chi connectivity index (χ0) is 13.0. The van der Waals surface area contributed by atoms with Crippen LogP contribution in [0.3, 0.4) is 0 Å². The van der Waals surface area contributed by atoms with E-state index in [0.717, 1.165) is 19.6 Å². The molecule has 4 heteroatoms. The first-order chi connectivity index (χ1) is 8.66. The van der Waals surface area contributed by atoms with Crippen LogP contribution in [0, 0.1) is 17.6 Å². The first kappa shape index (κ1) is 13.4. The summed E-state index contributed by atoms with van der Waals surface area (Å²) in [7, 11) is 2.11. The molecule has 100 valence electrons. The normalized spacial score (nSPS) is 21.2. The van der Waals surface area contributed by atoms with E-state index in [9.17, 15) is 8.78 Å². The summed E-state index contributed by atoms with van der Waals surface area (Å²) in [4.78, 5) is 2.31. The van der Waals surface area contributed by atoms with Crippen molar-refractivity contribution >= 4 is 0 Å². The van der Waals surface area contributed by atoms with Crippen LogP contribution < -0.4 is 5.32 Å². The van der Waals surface area contributed by atoms with Gasteiger partial charge in [0.2, 0.25) is 0 Å². The summed E-state index contributed by atoms with van der Waals surface area (Å²) in [6, 6.07) is 3.99. The van der Waals surface area contributed by atoms with Crippen LogP contribution in [0.2, 0.25) is 0 Å². The first-order valence-electron chi connectivity index (χ1n) is 6.49. The van der Waals surface area contributed by atoms with Crippen LogP contribution in [0.5, 0.6) is 0 Å². The van der Waals surface area contributed by atoms with Gasteiger partial charge in [-0.3, -0.25) is 0 Å². The molecule has 1 N–H and O–H groups in total. The lowest BCUT2D eigenvalue weighted by Gasteiger charge is -2.29. The zero-order valence-corrected chi connectivity index (χ0v) is 10.8. The van der Waals surface area contributed by atoms with Crippen molar-refractivity contribution in [1.29, 1.82) is 0 Å². The number of nitrogens with zero attached hydrogens (tertiary/aromatic N) is 1. The van der Waals surface area contributed by atoms with E-state index < -0.39 is 11.6 Å². The van der Waals surface area contributed by atoms with Crippen molar-refractivity contribution in [1.82, 2.24) is 10.2 Å². The predicted octanol–water partition coefficient (Wildman–Crippen LogP) is 2.40. The smallest absolute Gasteiger partial charge is 0.130 e. The molecule has 0 aromatic heterocycles. The predicted molar refractivity (Wildman–Crippen MR) is 68.3 cm³/mol. The van der Waals surface area contributed by atoms with Crippen molar-refractivity contribution in [2.45, 2.75) is 19.4 Å². The number of likely N-dealkylation sites (tertiary alicyclic amines) is 1. The van der Waals surface area contributed by atoms with E-state index in [-0.39, 0.29) is 12.1 Å². The fraction of sp³-hybridized carbons (Fsp3) is 0.571. The summed E-state index contributed by atoms with van der Waals surface area (Å²) in [6.45, 7) is 3.29. The molecule has 1 aliphatic rings. The fourth-order valence-corrected chi connectivity index (χ4v) is 2.54. The molecule has 1 unspecified atom stereocenters. The fourth-order valence-electron chi connectivity index (χ4n) is 2.54. The second kappa shape index (κ2) is 6.25. The molecule has 0 amide bonds. The van der Waals surface area contributed by atoms with Crippen LogP contribution >= 0.6 is 0 Å². The van der Waals surface area contributed by atoms with Crippen LogP contribution in [0.25, 0.3) is 0 Å². The number of halogens is 2. The molecule has 0 radical (unpaired) electrons. The molecule has 1 aliphatic heterocycles. The average molecular weight is 254 g/mol. The van der Waals surface area contributed by atoms with Gasteiger partial charge in [0.25, 0.3) is 0 Å². The summed E-state index contributed by atoms with van der Waals surface area (Å²) in [5.41, 5.74) is 0.140. The van der Waals surface area contributed by atoms with Gasteiger partial charge in [0.1, 0.15) is 11.6 Å². The van der Waals surface area contributed by atoms with Gasteiger partial charge in [-0.05, 0) is 51.0 Å². The Bertz CT molecular complexity index is 375. The number of benzene rings is 1. The van der Waals surface area contributed by atoms with E-state index in [4.69, 9.17) is 0 Å². The Balaban J connectivity index is 1.81. The molecule has 0 spiro atoms. The number of hydrogen-bond donors (Lipinski definition) is 1. The molecule has 2 nitrogen and oxygen atoms in total. The molecule has 18 heavy (non-hydrogen) atoms. The third-order valence-corrected chi connectivity index (χ3v) is 3.52. The Morgan fingerprint density at radius 3 is 2.72 bits per heavy atom. The molecule has 1 atom stereocenters. The highest BCUT2D eigenvalue weighted by Crippen LogP contribution is 2.15. The van der Waals surface area contributed by atoms with Crippen molar-refractivity contribution in [3.63, 3.8) is 0 Å². The van der Waals surface area contributed by atoms with E-state index in [1.165, 1.54) is 31.0 Å². The lowest BCUT2D eigenvalue weighted by Crippen LogP contribution is -2.37.